The van der Waals surface area contributed by atoms with Gasteiger partial charge in [-0.15, -0.1) is 0 Å². The lowest BCUT2D eigenvalue weighted by molar-refractivity contribution is -0.385. The second kappa shape index (κ2) is 4.60. The van der Waals surface area contributed by atoms with Crippen molar-refractivity contribution in [2.45, 2.75) is 38.6 Å². The Morgan fingerprint density at radius 1 is 1.47 bits per heavy atom. The highest BCUT2D eigenvalue weighted by atomic mass is 19.1. The number of rotatable bonds is 3. The van der Waals surface area contributed by atoms with Crippen LogP contribution >= 0.6 is 0 Å². The van der Waals surface area contributed by atoms with E-state index in [1.54, 1.807) is 0 Å². The van der Waals surface area contributed by atoms with Crippen LogP contribution < -0.4 is 5.32 Å². The quantitative estimate of drug-likeness (QED) is 0.675. The summed E-state index contributed by atoms with van der Waals surface area (Å²) >= 11 is 0. The Morgan fingerprint density at radius 2 is 2.11 bits per heavy atom. The van der Waals surface area contributed by atoms with Gasteiger partial charge in [0.25, 0.3) is 11.6 Å². The fourth-order valence-electron chi connectivity index (χ4n) is 2.19. The highest BCUT2D eigenvalue weighted by Gasteiger charge is 2.34. The van der Waals surface area contributed by atoms with Crippen LogP contribution in [0.3, 0.4) is 0 Å². The number of nitro groups is 1. The molecule has 0 heterocycles. The number of benzene rings is 1. The smallest absolute Gasteiger partial charge is 0.270 e. The number of amides is 1. The first-order valence-electron chi connectivity index (χ1n) is 6.09. The van der Waals surface area contributed by atoms with Crippen molar-refractivity contribution >= 4 is 11.6 Å². The number of carbonyl (C=O) groups is 1. The van der Waals surface area contributed by atoms with Crippen molar-refractivity contribution in [2.24, 2.45) is 0 Å². The van der Waals surface area contributed by atoms with Gasteiger partial charge in [-0.2, -0.15) is 0 Å². The van der Waals surface area contributed by atoms with Crippen molar-refractivity contribution in [3.8, 4) is 0 Å². The molecule has 1 aliphatic carbocycles. The van der Waals surface area contributed by atoms with Crippen molar-refractivity contribution in [1.29, 1.82) is 0 Å². The number of nitrogens with zero attached hydrogens (tertiary/aromatic N) is 1. The third kappa shape index (κ3) is 2.57. The molecule has 102 valence electrons. The zero-order chi connectivity index (χ0) is 14.2. The average molecular weight is 266 g/mol. The Balaban J connectivity index is 2.32. The predicted molar refractivity (Wildman–Crippen MR) is 67.5 cm³/mol. The van der Waals surface area contributed by atoms with Crippen LogP contribution in [0, 0.1) is 22.9 Å². The minimum Gasteiger partial charge on any atom is -0.347 e. The molecule has 1 amide bonds. The van der Waals surface area contributed by atoms with Crippen molar-refractivity contribution in [3.63, 3.8) is 0 Å². The van der Waals surface area contributed by atoms with E-state index in [1.165, 1.54) is 6.92 Å². The number of hydrogen-bond donors (Lipinski definition) is 1. The summed E-state index contributed by atoms with van der Waals surface area (Å²) in [5, 5.41) is 13.5. The van der Waals surface area contributed by atoms with Crippen LogP contribution in [-0.2, 0) is 0 Å². The molecular weight excluding hydrogens is 251 g/mol. The molecule has 0 radical (unpaired) electrons. The van der Waals surface area contributed by atoms with Crippen LogP contribution in [0.5, 0.6) is 0 Å². The van der Waals surface area contributed by atoms with Gasteiger partial charge in [0.1, 0.15) is 5.82 Å². The number of hydrogen-bond acceptors (Lipinski definition) is 3. The van der Waals surface area contributed by atoms with Crippen LogP contribution in [0.2, 0.25) is 0 Å². The maximum absolute atomic E-state index is 13.9. The van der Waals surface area contributed by atoms with Crippen molar-refractivity contribution in [1.82, 2.24) is 5.32 Å². The molecule has 1 N–H and O–H groups in total. The van der Waals surface area contributed by atoms with E-state index in [2.05, 4.69) is 5.32 Å². The third-order valence-electron chi connectivity index (χ3n) is 3.57. The Kier molecular flexibility index (Phi) is 3.26. The van der Waals surface area contributed by atoms with Gasteiger partial charge in [-0.1, -0.05) is 0 Å². The Hall–Kier alpha value is -1.98. The molecule has 2 rings (SSSR count). The molecule has 0 saturated heterocycles. The molecule has 19 heavy (non-hydrogen) atoms. The molecule has 0 atom stereocenters. The van der Waals surface area contributed by atoms with Crippen molar-refractivity contribution in [2.75, 3.05) is 0 Å². The molecule has 0 unspecified atom stereocenters. The van der Waals surface area contributed by atoms with Gasteiger partial charge in [-0.3, -0.25) is 14.9 Å². The lowest BCUT2D eigenvalue weighted by atomic mass is 9.78. The monoisotopic (exact) mass is 266 g/mol. The highest BCUT2D eigenvalue weighted by molar-refractivity contribution is 5.96. The summed E-state index contributed by atoms with van der Waals surface area (Å²) in [5.41, 5.74) is -0.761. The summed E-state index contributed by atoms with van der Waals surface area (Å²) in [7, 11) is 0. The third-order valence-corrected chi connectivity index (χ3v) is 3.57. The number of nitrogens with one attached hydrogen (secondary N) is 1. The molecule has 0 bridgehead atoms. The zero-order valence-electron chi connectivity index (χ0n) is 10.8. The van der Waals surface area contributed by atoms with Crippen LogP contribution in [0.1, 0.15) is 42.1 Å². The normalized spacial score (nSPS) is 16.6. The van der Waals surface area contributed by atoms with Crippen LogP contribution in [0.25, 0.3) is 0 Å². The maximum atomic E-state index is 13.9. The standard InChI is InChI=1S/C13H15FN2O3/c1-8-6-9(16(18)19)7-10(11(8)14)12(17)15-13(2)4-3-5-13/h6-7H,3-5H2,1-2H3,(H,15,17). The van der Waals surface area contributed by atoms with E-state index in [1.807, 2.05) is 6.92 Å². The second-order valence-electron chi connectivity index (χ2n) is 5.25. The summed E-state index contributed by atoms with van der Waals surface area (Å²) in [6, 6.07) is 2.11. The Labute approximate surface area is 110 Å². The molecule has 0 spiro atoms. The summed E-state index contributed by atoms with van der Waals surface area (Å²) in [6.45, 7) is 3.29. The highest BCUT2D eigenvalue weighted by Crippen LogP contribution is 2.31. The van der Waals surface area contributed by atoms with E-state index < -0.39 is 16.6 Å². The molecular formula is C13H15FN2O3. The van der Waals surface area contributed by atoms with E-state index in [0.717, 1.165) is 31.4 Å². The number of aryl methyl sites for hydroxylation is 1. The maximum Gasteiger partial charge on any atom is 0.270 e. The molecule has 1 saturated carbocycles. The fourth-order valence-corrected chi connectivity index (χ4v) is 2.19. The molecule has 1 aliphatic rings. The van der Waals surface area contributed by atoms with Gasteiger partial charge >= 0.3 is 0 Å². The second-order valence-corrected chi connectivity index (χ2v) is 5.25. The first-order chi connectivity index (χ1) is 8.82. The van der Waals surface area contributed by atoms with Crippen LogP contribution in [0.4, 0.5) is 10.1 Å². The van der Waals surface area contributed by atoms with E-state index >= 15 is 0 Å². The Morgan fingerprint density at radius 3 is 2.58 bits per heavy atom. The molecule has 1 fully saturated rings. The number of nitro benzene ring substituents is 1. The molecule has 1 aromatic carbocycles. The van der Waals surface area contributed by atoms with Crippen LogP contribution in [0.15, 0.2) is 12.1 Å². The van der Waals surface area contributed by atoms with Gasteiger partial charge in [0.15, 0.2) is 0 Å². The molecule has 0 aliphatic heterocycles. The van der Waals surface area contributed by atoms with E-state index in [-0.39, 0.29) is 22.4 Å². The van der Waals surface area contributed by atoms with E-state index in [4.69, 9.17) is 0 Å². The number of carbonyl (C=O) groups excluding carboxylic acids is 1. The largest absolute Gasteiger partial charge is 0.347 e. The SMILES string of the molecule is Cc1cc([N+](=O)[O-])cc(C(=O)NC2(C)CCC2)c1F. The number of halogens is 1. The summed E-state index contributed by atoms with van der Waals surface area (Å²) in [4.78, 5) is 22.1. The van der Waals surface area contributed by atoms with E-state index in [9.17, 15) is 19.3 Å². The van der Waals surface area contributed by atoms with Crippen molar-refractivity contribution in [3.05, 3.63) is 39.2 Å². The summed E-state index contributed by atoms with van der Waals surface area (Å²) < 4.78 is 13.9. The van der Waals surface area contributed by atoms with Gasteiger partial charge in [0.2, 0.25) is 0 Å². The summed E-state index contributed by atoms with van der Waals surface area (Å²) in [5.74, 6) is -1.29. The fraction of sp³-hybridized carbons (Fsp3) is 0.462. The zero-order valence-corrected chi connectivity index (χ0v) is 10.8. The predicted octanol–water partition coefficient (Wildman–Crippen LogP) is 2.71. The molecule has 1 aromatic rings. The average Bonchev–Trinajstić information content (AvgIpc) is 2.29. The first kappa shape index (κ1) is 13.5. The lowest BCUT2D eigenvalue weighted by Gasteiger charge is -2.39. The van der Waals surface area contributed by atoms with Crippen LogP contribution in [-0.4, -0.2) is 16.4 Å². The lowest BCUT2D eigenvalue weighted by Crippen LogP contribution is -2.51. The van der Waals surface area contributed by atoms with Gasteiger partial charge in [0.05, 0.1) is 10.5 Å². The molecule has 5 nitrogen and oxygen atoms in total. The minimum atomic E-state index is -0.703. The Bertz CT molecular complexity index is 553. The topological polar surface area (TPSA) is 72.2 Å². The van der Waals surface area contributed by atoms with Crippen molar-refractivity contribution < 1.29 is 14.1 Å². The van der Waals surface area contributed by atoms with Gasteiger partial charge in [0, 0.05) is 17.7 Å². The minimum absolute atomic E-state index is 0.0955. The molecule has 6 heteroatoms. The molecule has 0 aromatic heterocycles. The summed E-state index contributed by atoms with van der Waals surface area (Å²) in [6.07, 6.45) is 2.70. The van der Waals surface area contributed by atoms with Gasteiger partial charge in [-0.25, -0.2) is 4.39 Å². The van der Waals surface area contributed by atoms with E-state index in [0.29, 0.717) is 0 Å². The first-order valence-corrected chi connectivity index (χ1v) is 6.09. The van der Waals surface area contributed by atoms with Gasteiger partial charge in [-0.05, 0) is 38.7 Å². The number of non-ortho nitro benzene ring substituents is 1. The van der Waals surface area contributed by atoms with Gasteiger partial charge < -0.3 is 5.32 Å².